The molecule has 1 aromatic rings. The number of esters is 1. The highest BCUT2D eigenvalue weighted by atomic mass is 35.5. The van der Waals surface area contributed by atoms with Crippen LogP contribution in [-0.2, 0) is 30.7 Å². The molecule has 0 bridgehead atoms. The Morgan fingerprint density at radius 3 is 2.64 bits per heavy atom. The third kappa shape index (κ3) is 3.46. The first-order valence-electron chi connectivity index (χ1n) is 7.78. The number of nitrogens with zero attached hydrogens (tertiary/aromatic N) is 1. The van der Waals surface area contributed by atoms with E-state index in [0.717, 1.165) is 0 Å². The van der Waals surface area contributed by atoms with Crippen LogP contribution in [0.25, 0.3) is 0 Å². The van der Waals surface area contributed by atoms with Gasteiger partial charge in [-0.3, -0.25) is 0 Å². The lowest BCUT2D eigenvalue weighted by atomic mass is 10.1. The largest absolute Gasteiger partial charge is 0.476 e. The fraction of sp³-hybridized carbons (Fsp3) is 0.533. The summed E-state index contributed by atoms with van der Waals surface area (Å²) in [4.78, 5) is 11.8. The molecule has 1 unspecified atom stereocenters. The molecule has 7 nitrogen and oxygen atoms in total. The van der Waals surface area contributed by atoms with Crippen molar-refractivity contribution in [1.82, 2.24) is 4.31 Å². The number of ether oxygens (including phenoxy) is 3. The van der Waals surface area contributed by atoms with Gasteiger partial charge in [-0.1, -0.05) is 23.2 Å². The third-order valence-electron chi connectivity index (χ3n) is 4.01. The highest BCUT2D eigenvalue weighted by Crippen LogP contribution is 2.44. The predicted octanol–water partition coefficient (Wildman–Crippen LogP) is 1.88. The van der Waals surface area contributed by atoms with Crippen molar-refractivity contribution in [3.63, 3.8) is 0 Å². The molecule has 25 heavy (non-hydrogen) atoms. The summed E-state index contributed by atoms with van der Waals surface area (Å²) in [7, 11) is -3.82. The Hall–Kier alpha value is -1.06. The molecule has 0 spiro atoms. The maximum Gasteiger partial charge on any atom is 0.347 e. The fourth-order valence-electron chi connectivity index (χ4n) is 2.78. The summed E-state index contributed by atoms with van der Waals surface area (Å²) in [5.74, 6) is -0.297. The highest BCUT2D eigenvalue weighted by molar-refractivity contribution is 7.89. The standard InChI is InChI=1S/C15H17Cl2NO6S/c1-2-23-15(19)10-7-9-8-11(12(16)13(17)14(9)24-10)25(20,21)18-3-5-22-6-4-18/h8,10H,2-7H2,1H3. The number of hydrogen-bond donors (Lipinski definition) is 0. The zero-order valence-corrected chi connectivity index (χ0v) is 15.8. The summed E-state index contributed by atoms with van der Waals surface area (Å²) < 4.78 is 42.7. The number of morpholine rings is 1. The van der Waals surface area contributed by atoms with Crippen LogP contribution < -0.4 is 4.74 Å². The van der Waals surface area contributed by atoms with Crippen LogP contribution in [0.15, 0.2) is 11.0 Å². The number of rotatable bonds is 4. The molecule has 0 aliphatic carbocycles. The van der Waals surface area contributed by atoms with Crippen LogP contribution in [-0.4, -0.2) is 57.7 Å². The summed E-state index contributed by atoms with van der Waals surface area (Å²) in [5.41, 5.74) is 0.513. The Morgan fingerprint density at radius 1 is 1.32 bits per heavy atom. The van der Waals surface area contributed by atoms with E-state index < -0.39 is 22.1 Å². The minimum atomic E-state index is -3.82. The van der Waals surface area contributed by atoms with E-state index in [1.54, 1.807) is 6.92 Å². The molecule has 1 fully saturated rings. The van der Waals surface area contributed by atoms with Gasteiger partial charge in [0.1, 0.15) is 15.7 Å². The quantitative estimate of drug-likeness (QED) is 0.706. The lowest BCUT2D eigenvalue weighted by Crippen LogP contribution is -2.40. The van der Waals surface area contributed by atoms with Gasteiger partial charge in [0.25, 0.3) is 0 Å². The van der Waals surface area contributed by atoms with Gasteiger partial charge in [-0.15, -0.1) is 0 Å². The van der Waals surface area contributed by atoms with Crippen molar-refractivity contribution in [1.29, 1.82) is 0 Å². The van der Waals surface area contributed by atoms with Crippen molar-refractivity contribution < 1.29 is 27.4 Å². The molecular weight excluding hydrogens is 393 g/mol. The van der Waals surface area contributed by atoms with Gasteiger partial charge in [0.05, 0.1) is 24.8 Å². The molecule has 2 aliphatic rings. The second-order valence-corrected chi connectivity index (χ2v) is 8.23. The van der Waals surface area contributed by atoms with Gasteiger partial charge in [-0.2, -0.15) is 4.31 Å². The second-order valence-electron chi connectivity index (χ2n) is 5.57. The van der Waals surface area contributed by atoms with Crippen LogP contribution >= 0.6 is 23.2 Å². The lowest BCUT2D eigenvalue weighted by Gasteiger charge is -2.26. The van der Waals surface area contributed by atoms with Gasteiger partial charge in [0.15, 0.2) is 6.10 Å². The lowest BCUT2D eigenvalue weighted by molar-refractivity contribution is -0.150. The fourth-order valence-corrected chi connectivity index (χ4v) is 5.06. The number of benzene rings is 1. The van der Waals surface area contributed by atoms with Gasteiger partial charge in [-0.05, 0) is 13.0 Å². The van der Waals surface area contributed by atoms with Crippen molar-refractivity contribution in [2.75, 3.05) is 32.9 Å². The molecule has 2 aliphatic heterocycles. The van der Waals surface area contributed by atoms with Crippen LogP contribution in [0.2, 0.25) is 10.0 Å². The van der Waals surface area contributed by atoms with E-state index in [2.05, 4.69) is 0 Å². The van der Waals surface area contributed by atoms with Gasteiger partial charge in [0.2, 0.25) is 10.0 Å². The minimum absolute atomic E-state index is 0.0159. The Bertz CT molecular complexity index is 792. The van der Waals surface area contributed by atoms with Gasteiger partial charge in [-0.25, -0.2) is 13.2 Å². The number of sulfonamides is 1. The SMILES string of the molecule is CCOC(=O)C1Cc2cc(S(=O)(=O)N3CCOCC3)c(Cl)c(Cl)c2O1. The van der Waals surface area contributed by atoms with Crippen LogP contribution in [0.4, 0.5) is 0 Å². The molecule has 0 saturated carbocycles. The molecule has 1 aromatic carbocycles. The predicted molar refractivity (Wildman–Crippen MR) is 90.8 cm³/mol. The summed E-state index contributed by atoms with van der Waals surface area (Å²) in [6, 6.07) is 1.42. The normalized spacial score (nSPS) is 20.8. The molecule has 0 amide bonds. The van der Waals surface area contributed by atoms with Crippen molar-refractivity contribution in [2.45, 2.75) is 24.3 Å². The molecule has 2 heterocycles. The van der Waals surface area contributed by atoms with Gasteiger partial charge in [0, 0.05) is 25.1 Å². The molecule has 0 aromatic heterocycles. The highest BCUT2D eigenvalue weighted by Gasteiger charge is 2.37. The molecule has 1 saturated heterocycles. The summed E-state index contributed by atoms with van der Waals surface area (Å²) >= 11 is 12.4. The number of carbonyl (C=O) groups is 1. The van der Waals surface area contributed by atoms with E-state index >= 15 is 0 Å². The molecular formula is C15H17Cl2NO6S. The van der Waals surface area contributed by atoms with Gasteiger partial charge >= 0.3 is 5.97 Å². The van der Waals surface area contributed by atoms with Crippen molar-refractivity contribution >= 4 is 39.2 Å². The topological polar surface area (TPSA) is 82.1 Å². The van der Waals surface area contributed by atoms with E-state index in [9.17, 15) is 13.2 Å². The smallest absolute Gasteiger partial charge is 0.347 e. The van der Waals surface area contributed by atoms with Gasteiger partial charge < -0.3 is 14.2 Å². The van der Waals surface area contributed by atoms with E-state index in [0.29, 0.717) is 18.8 Å². The monoisotopic (exact) mass is 409 g/mol. The summed E-state index contributed by atoms with van der Waals surface area (Å²) in [5, 5.41) is -0.130. The molecule has 3 rings (SSSR count). The first-order valence-corrected chi connectivity index (χ1v) is 9.98. The van der Waals surface area contributed by atoms with E-state index in [1.807, 2.05) is 0 Å². The zero-order chi connectivity index (χ0) is 18.2. The first kappa shape index (κ1) is 18.7. The van der Waals surface area contributed by atoms with Crippen molar-refractivity contribution in [2.24, 2.45) is 0 Å². The molecule has 1 atom stereocenters. The maximum absolute atomic E-state index is 12.9. The summed E-state index contributed by atoms with van der Waals surface area (Å²) in [6.45, 7) is 3.05. The molecule has 0 radical (unpaired) electrons. The average molecular weight is 410 g/mol. The number of fused-ring (bicyclic) bond motifs is 1. The maximum atomic E-state index is 12.9. The second kappa shape index (κ2) is 7.28. The van der Waals surface area contributed by atoms with E-state index in [4.69, 9.17) is 37.4 Å². The van der Waals surface area contributed by atoms with E-state index in [-0.39, 0.29) is 46.8 Å². The van der Waals surface area contributed by atoms with E-state index in [1.165, 1.54) is 10.4 Å². The first-order chi connectivity index (χ1) is 11.9. The zero-order valence-electron chi connectivity index (χ0n) is 13.5. The number of carbonyl (C=O) groups excluding carboxylic acids is 1. The third-order valence-corrected chi connectivity index (χ3v) is 6.89. The van der Waals surface area contributed by atoms with Crippen molar-refractivity contribution in [3.05, 3.63) is 21.7 Å². The van der Waals surface area contributed by atoms with Crippen LogP contribution in [0.5, 0.6) is 5.75 Å². The van der Waals surface area contributed by atoms with Crippen LogP contribution in [0.1, 0.15) is 12.5 Å². The Kier molecular flexibility index (Phi) is 5.45. The summed E-state index contributed by atoms with van der Waals surface area (Å²) in [6.07, 6.45) is -0.679. The minimum Gasteiger partial charge on any atom is -0.476 e. The Morgan fingerprint density at radius 2 is 2.00 bits per heavy atom. The molecule has 138 valence electrons. The molecule has 0 N–H and O–H groups in total. The van der Waals surface area contributed by atoms with Crippen LogP contribution in [0, 0.1) is 0 Å². The van der Waals surface area contributed by atoms with Crippen molar-refractivity contribution in [3.8, 4) is 5.75 Å². The number of halogens is 2. The Labute approximate surface area is 155 Å². The Balaban J connectivity index is 1.96. The molecule has 10 heteroatoms. The van der Waals surface area contributed by atoms with Crippen LogP contribution in [0.3, 0.4) is 0 Å². The number of hydrogen-bond acceptors (Lipinski definition) is 6. The average Bonchev–Trinajstić information content (AvgIpc) is 3.03.